The van der Waals surface area contributed by atoms with Gasteiger partial charge in [-0.2, -0.15) is 0 Å². The minimum atomic E-state index is -0.481. The highest BCUT2D eigenvalue weighted by atomic mass is 80.0. The average molecular weight is 380 g/mol. The van der Waals surface area contributed by atoms with Crippen molar-refractivity contribution in [3.63, 3.8) is 0 Å². The van der Waals surface area contributed by atoms with Gasteiger partial charge in [-0.3, -0.25) is 10.1 Å². The zero-order valence-corrected chi connectivity index (χ0v) is 11.6. The van der Waals surface area contributed by atoms with Crippen LogP contribution in [0.15, 0.2) is 0 Å². The minimum absolute atomic E-state index is 0.0104. The molecule has 1 rings (SSSR count). The summed E-state index contributed by atoms with van der Waals surface area (Å²) in [5.74, 6) is 0.0104. The van der Waals surface area contributed by atoms with Crippen LogP contribution in [0.1, 0.15) is 25.7 Å². The van der Waals surface area contributed by atoms with Crippen molar-refractivity contribution in [3.05, 3.63) is 10.1 Å². The minimum Gasteiger partial charge on any atom is -0.264 e. The molecule has 0 aliphatic heterocycles. The van der Waals surface area contributed by atoms with Gasteiger partial charge in [0.25, 0.3) is 0 Å². The summed E-state index contributed by atoms with van der Waals surface area (Å²) < 4.78 is -0.481. The number of hydrogen-bond acceptors (Lipinski definition) is 2. The largest absolute Gasteiger partial charge is 0.264 e. The SMILES string of the molecule is O=[N+]([O-])C1CCCCC1C(Br)(Br)Br. The highest BCUT2D eigenvalue weighted by Gasteiger charge is 2.44. The summed E-state index contributed by atoms with van der Waals surface area (Å²) in [5.41, 5.74) is 0. The van der Waals surface area contributed by atoms with Crippen LogP contribution in [0.2, 0.25) is 0 Å². The quantitative estimate of drug-likeness (QED) is 0.396. The van der Waals surface area contributed by atoms with Gasteiger partial charge in [-0.25, -0.2) is 0 Å². The monoisotopic (exact) mass is 377 g/mol. The molecule has 3 nitrogen and oxygen atoms in total. The van der Waals surface area contributed by atoms with E-state index in [-0.39, 0.29) is 10.8 Å². The zero-order valence-electron chi connectivity index (χ0n) is 6.88. The van der Waals surface area contributed by atoms with Gasteiger partial charge in [0.15, 0.2) is 0 Å². The maximum absolute atomic E-state index is 10.8. The summed E-state index contributed by atoms with van der Waals surface area (Å²) in [7, 11) is 0. The van der Waals surface area contributed by atoms with Crippen LogP contribution in [0.3, 0.4) is 0 Å². The maximum atomic E-state index is 10.8. The number of rotatable bonds is 1. The molecule has 0 spiro atoms. The fraction of sp³-hybridized carbons (Fsp3) is 1.00. The van der Waals surface area contributed by atoms with E-state index in [4.69, 9.17) is 0 Å². The average Bonchev–Trinajstić information content (AvgIpc) is 2.03. The summed E-state index contributed by atoms with van der Waals surface area (Å²) in [4.78, 5) is 10.6. The van der Waals surface area contributed by atoms with Crippen LogP contribution in [-0.4, -0.2) is 13.1 Å². The van der Waals surface area contributed by atoms with Crippen LogP contribution in [-0.2, 0) is 0 Å². The summed E-state index contributed by atoms with van der Waals surface area (Å²) in [6.45, 7) is 0. The standard InChI is InChI=1S/C7H10Br3NO2/c8-7(9,10)5-3-1-2-4-6(5)11(12)13/h5-6H,1-4H2. The van der Waals surface area contributed by atoms with Gasteiger partial charge in [-0.05, 0) is 12.8 Å². The third-order valence-corrected chi connectivity index (χ3v) is 4.18. The molecule has 1 fully saturated rings. The predicted molar refractivity (Wildman–Crippen MR) is 62.3 cm³/mol. The molecular formula is C7H10Br3NO2. The maximum Gasteiger partial charge on any atom is 0.218 e. The second kappa shape index (κ2) is 4.57. The fourth-order valence-corrected chi connectivity index (χ4v) is 3.35. The lowest BCUT2D eigenvalue weighted by atomic mass is 9.86. The Morgan fingerprint density at radius 1 is 1.23 bits per heavy atom. The van der Waals surface area contributed by atoms with E-state index in [1.165, 1.54) is 0 Å². The van der Waals surface area contributed by atoms with Crippen LogP contribution >= 0.6 is 47.8 Å². The van der Waals surface area contributed by atoms with E-state index in [0.717, 1.165) is 19.3 Å². The first-order valence-corrected chi connectivity index (χ1v) is 6.51. The van der Waals surface area contributed by atoms with Crippen molar-refractivity contribution >= 4 is 47.8 Å². The highest BCUT2D eigenvalue weighted by Crippen LogP contribution is 2.48. The van der Waals surface area contributed by atoms with Crippen LogP contribution in [0, 0.1) is 16.0 Å². The van der Waals surface area contributed by atoms with Crippen molar-refractivity contribution in [2.24, 2.45) is 5.92 Å². The second-order valence-electron chi connectivity index (χ2n) is 3.29. The topological polar surface area (TPSA) is 43.1 Å². The smallest absolute Gasteiger partial charge is 0.218 e. The van der Waals surface area contributed by atoms with E-state index < -0.39 is 8.18 Å². The zero-order chi connectivity index (χ0) is 10.1. The molecule has 0 aromatic carbocycles. The third-order valence-electron chi connectivity index (χ3n) is 2.42. The number of halogens is 3. The van der Waals surface area contributed by atoms with Gasteiger partial charge in [0.2, 0.25) is 6.04 Å². The molecule has 0 amide bonds. The Balaban J connectivity index is 2.73. The molecule has 0 aromatic rings. The summed E-state index contributed by atoms with van der Waals surface area (Å²) >= 11 is 10.1. The number of nitro groups is 1. The molecular weight excluding hydrogens is 370 g/mol. The molecule has 0 heterocycles. The van der Waals surface area contributed by atoms with Crippen molar-refractivity contribution in [3.8, 4) is 0 Å². The molecule has 0 bridgehead atoms. The van der Waals surface area contributed by atoms with Crippen molar-refractivity contribution in [1.29, 1.82) is 0 Å². The second-order valence-corrected chi connectivity index (χ2v) is 10.2. The van der Waals surface area contributed by atoms with Crippen molar-refractivity contribution < 1.29 is 4.92 Å². The van der Waals surface area contributed by atoms with Crippen molar-refractivity contribution in [2.75, 3.05) is 0 Å². The fourth-order valence-electron chi connectivity index (χ4n) is 1.75. The van der Waals surface area contributed by atoms with Gasteiger partial charge < -0.3 is 0 Å². The van der Waals surface area contributed by atoms with Crippen LogP contribution in [0.25, 0.3) is 0 Å². The Morgan fingerprint density at radius 2 is 1.77 bits per heavy atom. The van der Waals surface area contributed by atoms with Gasteiger partial charge in [-0.15, -0.1) is 0 Å². The molecule has 13 heavy (non-hydrogen) atoms. The molecule has 6 heteroatoms. The summed E-state index contributed by atoms with van der Waals surface area (Å²) in [6.07, 6.45) is 3.60. The highest BCUT2D eigenvalue weighted by molar-refractivity contribution is 9.39. The van der Waals surface area contributed by atoms with Gasteiger partial charge in [0.05, 0.1) is 5.92 Å². The molecule has 0 N–H and O–H groups in total. The lowest BCUT2D eigenvalue weighted by Crippen LogP contribution is -2.38. The van der Waals surface area contributed by atoms with Crippen LogP contribution < -0.4 is 0 Å². The molecule has 0 radical (unpaired) electrons. The summed E-state index contributed by atoms with van der Waals surface area (Å²) in [5, 5.41) is 10.8. The number of alkyl halides is 3. The molecule has 2 atom stereocenters. The lowest BCUT2D eigenvalue weighted by Gasteiger charge is -2.31. The molecule has 1 aliphatic rings. The van der Waals surface area contributed by atoms with E-state index >= 15 is 0 Å². The van der Waals surface area contributed by atoms with E-state index in [0.29, 0.717) is 6.42 Å². The number of nitrogens with zero attached hydrogens (tertiary/aromatic N) is 1. The van der Waals surface area contributed by atoms with Gasteiger partial charge >= 0.3 is 0 Å². The molecule has 2 unspecified atom stereocenters. The van der Waals surface area contributed by atoms with E-state index in [9.17, 15) is 10.1 Å². The van der Waals surface area contributed by atoms with Crippen molar-refractivity contribution in [2.45, 2.75) is 33.9 Å². The number of hydrogen-bond donors (Lipinski definition) is 0. The van der Waals surface area contributed by atoms with Gasteiger partial charge in [0.1, 0.15) is 2.14 Å². The molecule has 0 aromatic heterocycles. The Bertz CT molecular complexity index is 204. The van der Waals surface area contributed by atoms with E-state index in [1.54, 1.807) is 0 Å². The van der Waals surface area contributed by atoms with Gasteiger partial charge in [0, 0.05) is 11.3 Å². The molecule has 76 valence electrons. The first-order valence-electron chi connectivity index (χ1n) is 4.13. The molecule has 1 saturated carbocycles. The van der Waals surface area contributed by atoms with Crippen LogP contribution in [0.5, 0.6) is 0 Å². The Hall–Kier alpha value is 0.840. The third kappa shape index (κ3) is 3.16. The Labute approximate surface area is 102 Å². The predicted octanol–water partition coefficient (Wildman–Crippen LogP) is 3.66. The van der Waals surface area contributed by atoms with Gasteiger partial charge in [-0.1, -0.05) is 54.2 Å². The Morgan fingerprint density at radius 3 is 2.15 bits per heavy atom. The van der Waals surface area contributed by atoms with E-state index in [2.05, 4.69) is 47.8 Å². The van der Waals surface area contributed by atoms with E-state index in [1.807, 2.05) is 0 Å². The first kappa shape index (κ1) is 11.9. The molecule has 1 aliphatic carbocycles. The normalized spacial score (nSPS) is 30.1. The molecule has 0 saturated heterocycles. The lowest BCUT2D eigenvalue weighted by molar-refractivity contribution is -0.535. The van der Waals surface area contributed by atoms with Crippen molar-refractivity contribution in [1.82, 2.24) is 0 Å². The first-order chi connectivity index (χ1) is 5.93. The Kier molecular flexibility index (Phi) is 4.19. The summed E-state index contributed by atoms with van der Waals surface area (Å²) in [6, 6.07) is -0.438. The van der Waals surface area contributed by atoms with Crippen LogP contribution in [0.4, 0.5) is 0 Å².